The number of hydrogen-bond acceptors (Lipinski definition) is 29. The Hall–Kier alpha value is -2.00. The second-order valence-electron chi connectivity index (χ2n) is 28.7. The molecule has 0 aromatic carbocycles. The Labute approximate surface area is 522 Å². The van der Waals surface area contributed by atoms with Gasteiger partial charge in [-0.3, -0.25) is 4.79 Å². The second kappa shape index (κ2) is 27.9. The third-order valence-electron chi connectivity index (χ3n) is 22.8. The Morgan fingerprint density at radius 1 is 0.589 bits per heavy atom. The highest BCUT2D eigenvalue weighted by molar-refractivity contribution is 6.01. The number of aliphatic hydroxyl groups excluding tert-OH is 16. The lowest BCUT2D eigenvalue weighted by atomic mass is 9.38. The van der Waals surface area contributed by atoms with Crippen LogP contribution in [0.15, 0.2) is 11.6 Å². The van der Waals surface area contributed by atoms with E-state index < -0.39 is 238 Å². The van der Waals surface area contributed by atoms with Crippen LogP contribution in [0.3, 0.4) is 0 Å². The van der Waals surface area contributed by atoms with Crippen molar-refractivity contribution >= 4 is 12.1 Å². The molecule has 9 aliphatic rings. The van der Waals surface area contributed by atoms with Crippen LogP contribution in [0.25, 0.3) is 0 Å². The second-order valence-corrected chi connectivity index (χ2v) is 28.7. The SMILES string of the molecule is C[C@H]1[C@H](O)[C@@H](O)[C@H](OC[C@H]2O[C@@H](O[C@H](CC[C@@H](C)[C@H]3CC[C@@]4(C)[C@@H]5CC=C6[C@@H](CC[C@H](O[C@@H]7O[C@H](CO[C@@H]8O[C@H](CO)[C@@H](O)[C@H](O)[C@H]8O)[C@@H](O)[C@H](O)[C@H]7O)C6(C)C)[C@]5(C=O)C(=O)C[C@]34C)C(C)(C)O)[C@H](O[C@@H]3O[C@H](CO)[C@@H](O)[C@H](O)[C@H]3O)[C@@H](O)[C@@H]2O)O[C@@H]1CO. The molecule has 0 unspecified atom stereocenters. The third-order valence-corrected chi connectivity index (χ3v) is 22.8. The molecule has 0 spiro atoms. The maximum absolute atomic E-state index is 15.4. The number of rotatable bonds is 21. The fraction of sp³-hybridized carbons (Fsp3) is 0.934. The molecule has 3 saturated carbocycles. The van der Waals surface area contributed by atoms with Crippen LogP contribution in [0.5, 0.6) is 0 Å². The number of aldehydes is 1. The Morgan fingerprint density at radius 3 is 1.61 bits per heavy atom. The molecule has 518 valence electrons. The van der Waals surface area contributed by atoms with E-state index in [4.69, 9.17) is 47.4 Å². The average Bonchev–Trinajstić information content (AvgIpc) is 1.29. The lowest BCUT2D eigenvalue weighted by Gasteiger charge is -2.64. The van der Waals surface area contributed by atoms with E-state index >= 15 is 4.79 Å². The quantitative estimate of drug-likeness (QED) is 0.0291. The Balaban J connectivity index is 0.895. The average molecular weight is 1300 g/mol. The van der Waals surface area contributed by atoms with Crippen molar-refractivity contribution in [3.63, 3.8) is 0 Å². The van der Waals surface area contributed by atoms with Gasteiger partial charge in [-0.2, -0.15) is 0 Å². The lowest BCUT2D eigenvalue weighted by molar-refractivity contribution is -0.380. The highest BCUT2D eigenvalue weighted by atomic mass is 16.8. The van der Waals surface area contributed by atoms with Crippen molar-refractivity contribution in [2.45, 2.75) is 272 Å². The summed E-state index contributed by atoms with van der Waals surface area (Å²) in [4.78, 5) is 29.5. The fourth-order valence-electron chi connectivity index (χ4n) is 16.8. The summed E-state index contributed by atoms with van der Waals surface area (Å²) in [6.45, 7) is 11.5. The van der Waals surface area contributed by atoms with Crippen LogP contribution in [-0.4, -0.2) is 297 Å². The van der Waals surface area contributed by atoms with Gasteiger partial charge in [0, 0.05) is 23.7 Å². The monoisotopic (exact) mass is 1300 g/mol. The highest BCUT2D eigenvalue weighted by Gasteiger charge is 2.72. The van der Waals surface area contributed by atoms with Crippen molar-refractivity contribution in [3.05, 3.63) is 11.6 Å². The molecule has 17 N–H and O–H groups in total. The summed E-state index contributed by atoms with van der Waals surface area (Å²) < 4.78 is 59.5. The van der Waals surface area contributed by atoms with Crippen LogP contribution in [0, 0.1) is 51.2 Å². The zero-order valence-corrected chi connectivity index (χ0v) is 52.2. The summed E-state index contributed by atoms with van der Waals surface area (Å²) in [7, 11) is 0. The Morgan fingerprint density at radius 2 is 1.07 bits per heavy atom. The van der Waals surface area contributed by atoms with Crippen molar-refractivity contribution in [1.82, 2.24) is 0 Å². The molecule has 9 rings (SSSR count). The van der Waals surface area contributed by atoms with E-state index in [1.807, 2.05) is 13.8 Å². The predicted octanol–water partition coefficient (Wildman–Crippen LogP) is -4.75. The topological polar surface area (TPSA) is 470 Å². The lowest BCUT2D eigenvalue weighted by Crippen LogP contribution is -2.65. The standard InChI is InChI=1S/C61H100O29/c1-24(9-13-37(58(5,6)80)89-56-51(90-55-50(79)44(73)40(69)31(20-64)85-55)46(75)42(71)33(87-56)22-81-52-47(76)38(67)25(2)29(18-62)83-52)26-15-16-59(7)34-12-10-27-28(61(34,23-65)35(66)17-60(26,59)8)11-14-36(57(27,3)4)88-54-49(78)45(74)41(70)32(86-54)21-82-53-48(77)43(72)39(68)30(19-63)84-53/h10,23-26,28-34,36-56,62-64,67-80H,9,11-22H2,1-8H3/t24-,25-,26-,28-,29-,30-,31-,32-,33-,34+,36+,37-,38+,39-,40-,41-,42-,43+,44+,45+,46+,47-,48-,49-,50-,51-,52-,53-,54+,55+,56+,59+,60-,61+/m1/s1. The van der Waals surface area contributed by atoms with E-state index in [9.17, 15) is 91.6 Å². The molecule has 0 bridgehead atoms. The summed E-state index contributed by atoms with van der Waals surface area (Å²) in [5.41, 5.74) is -4.32. The molecule has 0 amide bonds. The number of hydrogen-bond donors (Lipinski definition) is 17. The molecule has 5 heterocycles. The maximum Gasteiger partial charge on any atom is 0.187 e. The van der Waals surface area contributed by atoms with E-state index in [0.717, 1.165) is 11.9 Å². The van der Waals surface area contributed by atoms with Crippen LogP contribution < -0.4 is 0 Å². The molecule has 5 saturated heterocycles. The van der Waals surface area contributed by atoms with Crippen molar-refractivity contribution in [2.75, 3.05) is 33.0 Å². The maximum atomic E-state index is 15.4. The van der Waals surface area contributed by atoms with Crippen molar-refractivity contribution in [3.8, 4) is 0 Å². The minimum atomic E-state index is -1.96. The smallest absolute Gasteiger partial charge is 0.187 e. The molecule has 29 heteroatoms. The first kappa shape index (κ1) is 72.3. The van der Waals surface area contributed by atoms with Crippen LogP contribution >= 0.6 is 0 Å². The van der Waals surface area contributed by atoms with Gasteiger partial charge in [0.2, 0.25) is 0 Å². The molecule has 8 fully saturated rings. The molecule has 34 atom stereocenters. The van der Waals surface area contributed by atoms with Gasteiger partial charge in [0.15, 0.2) is 31.5 Å². The molecule has 5 aliphatic heterocycles. The molecule has 29 nitrogen and oxygen atoms in total. The van der Waals surface area contributed by atoms with Gasteiger partial charge < -0.3 is 139 Å². The van der Waals surface area contributed by atoms with Gasteiger partial charge in [-0.15, -0.1) is 0 Å². The number of fused-ring (bicyclic) bond motifs is 5. The molecule has 4 aliphatic carbocycles. The van der Waals surface area contributed by atoms with Gasteiger partial charge in [0.05, 0.1) is 68.5 Å². The van der Waals surface area contributed by atoms with Crippen molar-refractivity contribution < 1.29 is 144 Å². The van der Waals surface area contributed by atoms with E-state index in [1.165, 1.54) is 13.8 Å². The molecule has 90 heavy (non-hydrogen) atoms. The Bertz CT molecular complexity index is 2440. The summed E-state index contributed by atoms with van der Waals surface area (Å²) in [5.74, 6) is -2.05. The van der Waals surface area contributed by atoms with Crippen LogP contribution in [-0.2, 0) is 57.0 Å². The van der Waals surface area contributed by atoms with Crippen molar-refractivity contribution in [1.29, 1.82) is 0 Å². The normalized spacial score (nSPS) is 50.5. The number of ether oxygens (including phenoxy) is 10. The van der Waals surface area contributed by atoms with E-state index in [-0.39, 0.29) is 36.9 Å². The first-order valence-electron chi connectivity index (χ1n) is 31.8. The number of aliphatic hydroxyl groups is 17. The molecular weight excluding hydrogens is 1200 g/mol. The summed E-state index contributed by atoms with van der Waals surface area (Å²) >= 11 is 0. The predicted molar refractivity (Wildman–Crippen MR) is 303 cm³/mol. The van der Waals surface area contributed by atoms with E-state index in [0.29, 0.717) is 32.1 Å². The molecule has 0 radical (unpaired) electrons. The summed E-state index contributed by atoms with van der Waals surface area (Å²) in [6, 6.07) is 0. The van der Waals surface area contributed by atoms with Crippen molar-refractivity contribution in [2.24, 2.45) is 51.2 Å². The summed E-state index contributed by atoms with van der Waals surface area (Å²) in [6.07, 6.45) is -35.3. The zero-order valence-electron chi connectivity index (χ0n) is 52.2. The minimum absolute atomic E-state index is 0.0797. The third kappa shape index (κ3) is 12.8. The summed E-state index contributed by atoms with van der Waals surface area (Å²) in [5, 5.41) is 183. The van der Waals surface area contributed by atoms with Gasteiger partial charge in [0.1, 0.15) is 116 Å². The van der Waals surface area contributed by atoms with Gasteiger partial charge >= 0.3 is 0 Å². The fourth-order valence-corrected chi connectivity index (χ4v) is 16.8. The van der Waals surface area contributed by atoms with Gasteiger partial charge in [-0.1, -0.05) is 53.2 Å². The zero-order chi connectivity index (χ0) is 66.2. The van der Waals surface area contributed by atoms with Gasteiger partial charge in [0.25, 0.3) is 0 Å². The molecule has 0 aromatic rings. The number of ketones is 1. The van der Waals surface area contributed by atoms with Crippen LogP contribution in [0.4, 0.5) is 0 Å². The van der Waals surface area contributed by atoms with Gasteiger partial charge in [-0.05, 0) is 87.4 Å². The molecular formula is C61H100O29. The first-order chi connectivity index (χ1) is 42.2. The molecule has 0 aromatic heterocycles. The number of allylic oxidation sites excluding steroid dienone is 1. The number of Topliss-reactive ketones (excluding diaryl/α,β-unsaturated/α-hetero) is 1. The largest absolute Gasteiger partial charge is 0.394 e. The van der Waals surface area contributed by atoms with Crippen LogP contribution in [0.2, 0.25) is 0 Å². The first-order valence-corrected chi connectivity index (χ1v) is 31.8. The number of carbonyl (C=O) groups excluding carboxylic acids is 2. The van der Waals surface area contributed by atoms with E-state index in [2.05, 4.69) is 26.8 Å². The van der Waals surface area contributed by atoms with Crippen LogP contribution in [0.1, 0.15) is 107 Å². The number of carbonyl (C=O) groups is 2. The Kier molecular flexibility index (Phi) is 22.4. The minimum Gasteiger partial charge on any atom is -0.394 e. The van der Waals surface area contributed by atoms with Gasteiger partial charge in [-0.25, -0.2) is 0 Å². The highest BCUT2D eigenvalue weighted by Crippen LogP contribution is 2.74. The van der Waals surface area contributed by atoms with E-state index in [1.54, 1.807) is 6.92 Å².